The maximum Gasteiger partial charge on any atom is 0.142 e. The first-order chi connectivity index (χ1) is 5.15. The Morgan fingerprint density at radius 1 is 1.55 bits per heavy atom. The van der Waals surface area contributed by atoms with Crippen LogP contribution in [-0.4, -0.2) is 4.98 Å². The predicted molar refractivity (Wildman–Crippen MR) is 51.1 cm³/mol. The molecule has 2 nitrogen and oxygen atoms in total. The van der Waals surface area contributed by atoms with Crippen LogP contribution in [0.4, 0.5) is 0 Å². The van der Waals surface area contributed by atoms with Crippen LogP contribution in [0.5, 0.6) is 0 Å². The molecule has 3 heteroatoms. The Hall–Kier alpha value is -0.630. The minimum atomic E-state index is 0.498. The summed E-state index contributed by atoms with van der Waals surface area (Å²) in [6.07, 6.45) is 0. The molecule has 11 heavy (non-hydrogen) atoms. The fourth-order valence-electron chi connectivity index (χ4n) is 0.755. The number of hydrogen-bond donors (Lipinski definition) is 0. The number of rotatable bonds is 0. The largest absolute Gasteiger partial charge is 0.231 e. The molecule has 56 valence electrons. The Bertz CT molecular complexity index is 302. The first-order valence-electron chi connectivity index (χ1n) is 3.19. The topological polar surface area (TPSA) is 36.7 Å². The zero-order chi connectivity index (χ0) is 8.43. The van der Waals surface area contributed by atoms with E-state index in [-0.39, 0.29) is 0 Å². The summed E-state index contributed by atoms with van der Waals surface area (Å²) in [5.74, 6) is 0. The predicted octanol–water partition coefficient (Wildman–Crippen LogP) is 2.17. The molecular weight excluding hydrogens is 251 g/mol. The lowest BCUT2D eigenvalue weighted by atomic mass is 10.1. The van der Waals surface area contributed by atoms with E-state index in [1.54, 1.807) is 6.07 Å². The van der Waals surface area contributed by atoms with Gasteiger partial charge in [0, 0.05) is 0 Å². The molecule has 1 heterocycles. The average Bonchev–Trinajstić information content (AvgIpc) is 1.99. The van der Waals surface area contributed by atoms with Crippen molar-refractivity contribution in [3.8, 4) is 6.07 Å². The van der Waals surface area contributed by atoms with Gasteiger partial charge in [-0.1, -0.05) is 0 Å². The minimum Gasteiger partial charge on any atom is -0.231 e. The third kappa shape index (κ3) is 1.69. The van der Waals surface area contributed by atoms with E-state index >= 15 is 0 Å². The van der Waals surface area contributed by atoms with Crippen LogP contribution in [0.2, 0.25) is 0 Å². The summed E-state index contributed by atoms with van der Waals surface area (Å²) in [5.41, 5.74) is 2.78. The van der Waals surface area contributed by atoms with E-state index in [1.807, 2.05) is 19.9 Å². The number of halogens is 1. The second-order valence-corrected chi connectivity index (χ2v) is 3.37. The van der Waals surface area contributed by atoms with E-state index in [2.05, 4.69) is 27.6 Å². The highest BCUT2D eigenvalue weighted by Crippen LogP contribution is 2.13. The summed E-state index contributed by atoms with van der Waals surface area (Å²) >= 11 is 2.14. The molecule has 0 bridgehead atoms. The summed E-state index contributed by atoms with van der Waals surface area (Å²) in [6, 6.07) is 3.82. The Labute approximate surface area is 79.4 Å². The van der Waals surface area contributed by atoms with E-state index in [0.717, 1.165) is 14.8 Å². The maximum absolute atomic E-state index is 8.56. The SMILES string of the molecule is Cc1cc(C#N)nc(I)c1C. The van der Waals surface area contributed by atoms with Crippen LogP contribution in [0.25, 0.3) is 0 Å². The second-order valence-electron chi connectivity index (χ2n) is 2.35. The summed E-state index contributed by atoms with van der Waals surface area (Å²) in [7, 11) is 0. The summed E-state index contributed by atoms with van der Waals surface area (Å²) in [4.78, 5) is 4.08. The van der Waals surface area contributed by atoms with Crippen LogP contribution in [0, 0.1) is 28.9 Å². The molecule has 0 fully saturated rings. The zero-order valence-electron chi connectivity index (χ0n) is 6.35. The Kier molecular flexibility index (Phi) is 2.45. The first kappa shape index (κ1) is 8.47. The molecular formula is C8H7IN2. The van der Waals surface area contributed by atoms with Crippen molar-refractivity contribution in [3.05, 3.63) is 26.6 Å². The zero-order valence-corrected chi connectivity index (χ0v) is 8.51. The highest BCUT2D eigenvalue weighted by molar-refractivity contribution is 14.1. The van der Waals surface area contributed by atoms with Crippen molar-refractivity contribution < 1.29 is 0 Å². The van der Waals surface area contributed by atoms with Crippen molar-refractivity contribution in [2.45, 2.75) is 13.8 Å². The van der Waals surface area contributed by atoms with E-state index in [4.69, 9.17) is 5.26 Å². The number of nitriles is 1. The lowest BCUT2D eigenvalue weighted by Gasteiger charge is -2.00. The quantitative estimate of drug-likeness (QED) is 0.528. The third-order valence-corrected chi connectivity index (χ3v) is 2.64. The van der Waals surface area contributed by atoms with Crippen molar-refractivity contribution in [2.75, 3.05) is 0 Å². The summed E-state index contributed by atoms with van der Waals surface area (Å²) < 4.78 is 0.916. The normalized spacial score (nSPS) is 9.27. The maximum atomic E-state index is 8.56. The van der Waals surface area contributed by atoms with Gasteiger partial charge in [0.1, 0.15) is 15.5 Å². The van der Waals surface area contributed by atoms with E-state index in [9.17, 15) is 0 Å². The van der Waals surface area contributed by atoms with Crippen LogP contribution in [0.3, 0.4) is 0 Å². The summed E-state index contributed by atoms with van der Waals surface area (Å²) in [5, 5.41) is 8.56. The lowest BCUT2D eigenvalue weighted by molar-refractivity contribution is 1.14. The van der Waals surface area contributed by atoms with Gasteiger partial charge in [0.25, 0.3) is 0 Å². The van der Waals surface area contributed by atoms with Crippen LogP contribution in [0.15, 0.2) is 6.07 Å². The van der Waals surface area contributed by atoms with E-state index in [0.29, 0.717) is 5.69 Å². The van der Waals surface area contributed by atoms with Gasteiger partial charge in [-0.25, -0.2) is 4.98 Å². The molecule has 0 saturated carbocycles. The molecule has 0 amide bonds. The van der Waals surface area contributed by atoms with Gasteiger partial charge < -0.3 is 0 Å². The molecule has 0 atom stereocenters. The number of nitrogens with zero attached hydrogens (tertiary/aromatic N) is 2. The molecule has 1 aromatic rings. The van der Waals surface area contributed by atoms with Gasteiger partial charge in [-0.3, -0.25) is 0 Å². The number of aryl methyl sites for hydroxylation is 1. The van der Waals surface area contributed by atoms with Crippen molar-refractivity contribution in [3.63, 3.8) is 0 Å². The Balaban J connectivity index is 3.35. The molecule has 0 spiro atoms. The van der Waals surface area contributed by atoms with Crippen LogP contribution < -0.4 is 0 Å². The number of hydrogen-bond acceptors (Lipinski definition) is 2. The minimum absolute atomic E-state index is 0.498. The van der Waals surface area contributed by atoms with Crippen molar-refractivity contribution >= 4 is 22.6 Å². The molecule has 0 radical (unpaired) electrons. The monoisotopic (exact) mass is 258 g/mol. The van der Waals surface area contributed by atoms with E-state index in [1.165, 1.54) is 0 Å². The highest BCUT2D eigenvalue weighted by Gasteiger charge is 2.01. The molecule has 0 N–H and O–H groups in total. The van der Waals surface area contributed by atoms with Gasteiger partial charge in [-0.15, -0.1) is 0 Å². The number of pyridine rings is 1. The van der Waals surface area contributed by atoms with Crippen LogP contribution >= 0.6 is 22.6 Å². The van der Waals surface area contributed by atoms with Gasteiger partial charge in [-0.2, -0.15) is 5.26 Å². The van der Waals surface area contributed by atoms with Crippen molar-refractivity contribution in [1.29, 1.82) is 5.26 Å². The Morgan fingerprint density at radius 3 is 2.64 bits per heavy atom. The average molecular weight is 258 g/mol. The lowest BCUT2D eigenvalue weighted by Crippen LogP contribution is -1.93. The molecule has 1 rings (SSSR count). The molecule has 0 saturated heterocycles. The summed E-state index contributed by atoms with van der Waals surface area (Å²) in [6.45, 7) is 3.99. The smallest absolute Gasteiger partial charge is 0.142 e. The standard InChI is InChI=1S/C8H7IN2/c1-5-3-7(4-10)11-8(9)6(5)2/h3H,1-2H3. The second kappa shape index (κ2) is 3.18. The van der Waals surface area contributed by atoms with Gasteiger partial charge in [0.2, 0.25) is 0 Å². The fourth-order valence-corrected chi connectivity index (χ4v) is 1.44. The van der Waals surface area contributed by atoms with Crippen LogP contribution in [-0.2, 0) is 0 Å². The fraction of sp³-hybridized carbons (Fsp3) is 0.250. The van der Waals surface area contributed by atoms with Crippen LogP contribution in [0.1, 0.15) is 16.8 Å². The van der Waals surface area contributed by atoms with Gasteiger partial charge in [-0.05, 0) is 53.6 Å². The molecule has 0 aliphatic heterocycles. The van der Waals surface area contributed by atoms with Gasteiger partial charge >= 0.3 is 0 Å². The van der Waals surface area contributed by atoms with Crippen molar-refractivity contribution in [1.82, 2.24) is 4.98 Å². The molecule has 0 unspecified atom stereocenters. The van der Waals surface area contributed by atoms with Gasteiger partial charge in [0.15, 0.2) is 0 Å². The Morgan fingerprint density at radius 2 is 2.18 bits per heavy atom. The van der Waals surface area contributed by atoms with E-state index < -0.39 is 0 Å². The van der Waals surface area contributed by atoms with Gasteiger partial charge in [0.05, 0.1) is 0 Å². The molecule has 0 aromatic carbocycles. The van der Waals surface area contributed by atoms with Crippen molar-refractivity contribution in [2.24, 2.45) is 0 Å². The highest BCUT2D eigenvalue weighted by atomic mass is 127. The first-order valence-corrected chi connectivity index (χ1v) is 4.27. The third-order valence-electron chi connectivity index (χ3n) is 1.59. The molecule has 0 aliphatic carbocycles. The molecule has 1 aromatic heterocycles. The number of aromatic nitrogens is 1. The molecule has 0 aliphatic rings.